The summed E-state index contributed by atoms with van der Waals surface area (Å²) in [5.41, 5.74) is 7.29. The average molecular weight is 279 g/mol. The van der Waals surface area contributed by atoms with E-state index in [1.54, 1.807) is 18.0 Å². The monoisotopic (exact) mass is 278 g/mol. The number of benzene rings is 1. The predicted octanol–water partition coefficient (Wildman–Crippen LogP) is 3.40. The molecule has 2 N–H and O–H groups in total. The lowest BCUT2D eigenvalue weighted by Gasteiger charge is -2.11. The SMILES string of the molecule is NC(CSc1ccc(Cl)cc1)Cc1cccnc1. The van der Waals surface area contributed by atoms with Gasteiger partial charge >= 0.3 is 0 Å². The molecule has 0 aliphatic rings. The Kier molecular flexibility index (Phi) is 5.05. The van der Waals surface area contributed by atoms with Gasteiger partial charge in [-0.3, -0.25) is 4.98 Å². The van der Waals surface area contributed by atoms with Crippen molar-refractivity contribution in [1.29, 1.82) is 0 Å². The second-order valence-corrected chi connectivity index (χ2v) is 5.62. The summed E-state index contributed by atoms with van der Waals surface area (Å²) in [6.45, 7) is 0. The van der Waals surface area contributed by atoms with Gasteiger partial charge in [-0.15, -0.1) is 11.8 Å². The van der Waals surface area contributed by atoms with Crippen molar-refractivity contribution in [3.05, 3.63) is 59.4 Å². The number of nitrogens with zero attached hydrogens (tertiary/aromatic N) is 1. The third kappa shape index (κ3) is 4.33. The third-order valence-electron chi connectivity index (χ3n) is 2.50. The number of halogens is 1. The molecule has 0 aliphatic carbocycles. The Morgan fingerprint density at radius 3 is 2.67 bits per heavy atom. The molecule has 0 amide bonds. The molecule has 0 aliphatic heterocycles. The zero-order valence-corrected chi connectivity index (χ0v) is 11.5. The van der Waals surface area contributed by atoms with Crippen molar-refractivity contribution in [3.8, 4) is 0 Å². The first-order chi connectivity index (χ1) is 8.74. The number of rotatable bonds is 5. The Morgan fingerprint density at radius 2 is 2.00 bits per heavy atom. The van der Waals surface area contributed by atoms with E-state index in [4.69, 9.17) is 17.3 Å². The Hall–Kier alpha value is -1.03. The fourth-order valence-corrected chi connectivity index (χ4v) is 2.59. The molecule has 1 atom stereocenters. The van der Waals surface area contributed by atoms with Crippen LogP contribution in [0.4, 0.5) is 0 Å². The van der Waals surface area contributed by atoms with Crippen LogP contribution in [-0.4, -0.2) is 16.8 Å². The summed E-state index contributed by atoms with van der Waals surface area (Å²) in [6, 6.07) is 12.0. The lowest BCUT2D eigenvalue weighted by molar-refractivity contribution is 0.746. The first kappa shape index (κ1) is 13.4. The zero-order valence-electron chi connectivity index (χ0n) is 9.92. The highest BCUT2D eigenvalue weighted by Crippen LogP contribution is 2.21. The van der Waals surface area contributed by atoms with Crippen LogP contribution >= 0.6 is 23.4 Å². The summed E-state index contributed by atoms with van der Waals surface area (Å²) in [4.78, 5) is 5.28. The molecule has 0 spiro atoms. The minimum Gasteiger partial charge on any atom is -0.327 e. The minimum absolute atomic E-state index is 0.134. The molecule has 1 unspecified atom stereocenters. The Labute approximate surface area is 117 Å². The molecule has 0 radical (unpaired) electrons. The van der Waals surface area contributed by atoms with Crippen molar-refractivity contribution in [3.63, 3.8) is 0 Å². The van der Waals surface area contributed by atoms with Crippen molar-refractivity contribution in [2.24, 2.45) is 5.73 Å². The summed E-state index contributed by atoms with van der Waals surface area (Å²) in [5.74, 6) is 0.885. The molecule has 0 saturated carbocycles. The molecule has 1 aromatic carbocycles. The highest BCUT2D eigenvalue weighted by Gasteiger charge is 2.05. The fraction of sp³-hybridized carbons (Fsp3) is 0.214. The maximum absolute atomic E-state index is 6.11. The highest BCUT2D eigenvalue weighted by molar-refractivity contribution is 7.99. The lowest BCUT2D eigenvalue weighted by atomic mass is 10.1. The van der Waals surface area contributed by atoms with E-state index in [0.29, 0.717) is 0 Å². The molecule has 0 saturated heterocycles. The number of aromatic nitrogens is 1. The largest absolute Gasteiger partial charge is 0.327 e. The van der Waals surface area contributed by atoms with Gasteiger partial charge in [-0.1, -0.05) is 17.7 Å². The van der Waals surface area contributed by atoms with E-state index in [2.05, 4.69) is 11.1 Å². The normalized spacial score (nSPS) is 12.3. The first-order valence-corrected chi connectivity index (χ1v) is 7.13. The fourth-order valence-electron chi connectivity index (χ4n) is 1.61. The van der Waals surface area contributed by atoms with E-state index < -0.39 is 0 Å². The van der Waals surface area contributed by atoms with Gasteiger partial charge in [0.1, 0.15) is 0 Å². The number of hydrogen-bond acceptors (Lipinski definition) is 3. The Balaban J connectivity index is 1.81. The maximum atomic E-state index is 6.11. The molecule has 4 heteroatoms. The Bertz CT molecular complexity index is 473. The highest BCUT2D eigenvalue weighted by atomic mass is 35.5. The van der Waals surface area contributed by atoms with Crippen LogP contribution in [0.15, 0.2) is 53.7 Å². The van der Waals surface area contributed by atoms with E-state index in [1.165, 1.54) is 10.5 Å². The van der Waals surface area contributed by atoms with Gasteiger partial charge in [0, 0.05) is 34.1 Å². The molecular formula is C14H15ClN2S. The molecule has 0 bridgehead atoms. The maximum Gasteiger partial charge on any atom is 0.0406 e. The molecule has 2 aromatic rings. The van der Waals surface area contributed by atoms with E-state index in [1.807, 2.05) is 36.5 Å². The van der Waals surface area contributed by atoms with Crippen molar-refractivity contribution in [1.82, 2.24) is 4.98 Å². The number of nitrogens with two attached hydrogens (primary N) is 1. The van der Waals surface area contributed by atoms with Crippen LogP contribution in [0.25, 0.3) is 0 Å². The second kappa shape index (κ2) is 6.78. The predicted molar refractivity (Wildman–Crippen MR) is 78.1 cm³/mol. The number of thioether (sulfide) groups is 1. The van der Waals surface area contributed by atoms with Crippen LogP contribution in [0.1, 0.15) is 5.56 Å². The molecule has 18 heavy (non-hydrogen) atoms. The summed E-state index contributed by atoms with van der Waals surface area (Å²) >= 11 is 7.59. The van der Waals surface area contributed by atoms with Crippen LogP contribution in [-0.2, 0) is 6.42 Å². The smallest absolute Gasteiger partial charge is 0.0406 e. The standard InChI is InChI=1S/C14H15ClN2S/c15-12-3-5-14(6-4-12)18-10-13(16)8-11-2-1-7-17-9-11/h1-7,9,13H,8,10,16H2. The molecular weight excluding hydrogens is 264 g/mol. The van der Waals surface area contributed by atoms with Gasteiger partial charge in [0.05, 0.1) is 0 Å². The number of hydrogen-bond donors (Lipinski definition) is 1. The van der Waals surface area contributed by atoms with Gasteiger partial charge in [-0.25, -0.2) is 0 Å². The van der Waals surface area contributed by atoms with Gasteiger partial charge in [-0.2, -0.15) is 0 Å². The van der Waals surface area contributed by atoms with Gasteiger partial charge in [-0.05, 0) is 42.3 Å². The molecule has 1 aromatic heterocycles. The molecule has 1 heterocycles. The van der Waals surface area contributed by atoms with Crippen molar-refractivity contribution < 1.29 is 0 Å². The van der Waals surface area contributed by atoms with Crippen molar-refractivity contribution >= 4 is 23.4 Å². The van der Waals surface area contributed by atoms with Crippen LogP contribution < -0.4 is 5.73 Å². The zero-order chi connectivity index (χ0) is 12.8. The lowest BCUT2D eigenvalue weighted by Crippen LogP contribution is -2.25. The van der Waals surface area contributed by atoms with E-state index in [9.17, 15) is 0 Å². The van der Waals surface area contributed by atoms with Gasteiger partial charge in [0.2, 0.25) is 0 Å². The second-order valence-electron chi connectivity index (χ2n) is 4.09. The van der Waals surface area contributed by atoms with Gasteiger partial charge in [0.25, 0.3) is 0 Å². The molecule has 94 valence electrons. The van der Waals surface area contributed by atoms with Crippen LogP contribution in [0.3, 0.4) is 0 Å². The van der Waals surface area contributed by atoms with Crippen LogP contribution in [0.5, 0.6) is 0 Å². The first-order valence-electron chi connectivity index (χ1n) is 5.77. The average Bonchev–Trinajstić information content (AvgIpc) is 2.39. The Morgan fingerprint density at radius 1 is 1.22 bits per heavy atom. The van der Waals surface area contributed by atoms with Crippen molar-refractivity contribution in [2.75, 3.05) is 5.75 Å². The van der Waals surface area contributed by atoms with Gasteiger partial charge < -0.3 is 5.73 Å². The van der Waals surface area contributed by atoms with E-state index in [0.717, 1.165) is 17.2 Å². The molecule has 0 fully saturated rings. The number of pyridine rings is 1. The van der Waals surface area contributed by atoms with Crippen molar-refractivity contribution in [2.45, 2.75) is 17.4 Å². The van der Waals surface area contributed by atoms with E-state index >= 15 is 0 Å². The summed E-state index contributed by atoms with van der Waals surface area (Å²) in [6.07, 6.45) is 4.50. The molecule has 2 rings (SSSR count). The summed E-state index contributed by atoms with van der Waals surface area (Å²) in [7, 11) is 0. The molecule has 2 nitrogen and oxygen atoms in total. The minimum atomic E-state index is 0.134. The quantitative estimate of drug-likeness (QED) is 0.852. The van der Waals surface area contributed by atoms with Crippen LogP contribution in [0.2, 0.25) is 5.02 Å². The van der Waals surface area contributed by atoms with E-state index in [-0.39, 0.29) is 6.04 Å². The third-order valence-corrected chi connectivity index (χ3v) is 3.95. The van der Waals surface area contributed by atoms with Crippen LogP contribution in [0, 0.1) is 0 Å². The van der Waals surface area contributed by atoms with Gasteiger partial charge in [0.15, 0.2) is 0 Å². The topological polar surface area (TPSA) is 38.9 Å². The summed E-state index contributed by atoms with van der Waals surface area (Å²) in [5, 5.41) is 0.763. The summed E-state index contributed by atoms with van der Waals surface area (Å²) < 4.78 is 0.